The zero-order valence-electron chi connectivity index (χ0n) is 11.7. The Hall–Kier alpha value is -1.85. The predicted octanol–water partition coefficient (Wildman–Crippen LogP) is 3.01. The zero-order chi connectivity index (χ0) is 14.7. The maximum absolute atomic E-state index is 8.75. The lowest BCUT2D eigenvalue weighted by Crippen LogP contribution is -2.24. The lowest BCUT2D eigenvalue weighted by atomic mass is 9.94. The number of nitrogens with two attached hydrogens (primary N) is 1. The Morgan fingerprint density at radius 3 is 3.19 bits per heavy atom. The van der Waals surface area contributed by atoms with Gasteiger partial charge in [0.25, 0.3) is 0 Å². The summed E-state index contributed by atoms with van der Waals surface area (Å²) in [4.78, 5) is 1.52. The summed E-state index contributed by atoms with van der Waals surface area (Å²) in [6, 6.07) is 10.5. The highest BCUT2D eigenvalue weighted by molar-refractivity contribution is 7.10. The topological polar surface area (TPSA) is 70.6 Å². The first-order valence-electron chi connectivity index (χ1n) is 7.14. The van der Waals surface area contributed by atoms with Crippen molar-refractivity contribution < 1.29 is 5.21 Å². The van der Waals surface area contributed by atoms with Gasteiger partial charge in [-0.3, -0.25) is 0 Å². The van der Waals surface area contributed by atoms with Gasteiger partial charge in [0, 0.05) is 23.0 Å². The molecule has 1 unspecified atom stereocenters. The van der Waals surface area contributed by atoms with Crippen LogP contribution in [0, 0.1) is 0 Å². The second-order valence-corrected chi connectivity index (χ2v) is 6.31. The van der Waals surface area contributed by atoms with Gasteiger partial charge in [0.2, 0.25) is 0 Å². The van der Waals surface area contributed by atoms with Gasteiger partial charge in [0.1, 0.15) is 0 Å². The van der Waals surface area contributed by atoms with Crippen molar-refractivity contribution in [1.82, 2.24) is 5.32 Å². The molecule has 0 radical (unpaired) electrons. The third-order valence-corrected chi connectivity index (χ3v) is 4.93. The van der Waals surface area contributed by atoms with E-state index >= 15 is 0 Å². The van der Waals surface area contributed by atoms with E-state index in [4.69, 9.17) is 10.9 Å². The molecule has 1 aliphatic rings. The molecule has 0 fully saturated rings. The van der Waals surface area contributed by atoms with Crippen molar-refractivity contribution in [3.8, 4) is 0 Å². The molecule has 1 atom stereocenters. The van der Waals surface area contributed by atoms with Gasteiger partial charge in [0.15, 0.2) is 5.84 Å². The van der Waals surface area contributed by atoms with Crippen LogP contribution in [0.5, 0.6) is 0 Å². The van der Waals surface area contributed by atoms with Crippen LogP contribution in [0.4, 0.5) is 0 Å². The fourth-order valence-electron chi connectivity index (χ4n) is 2.84. The highest BCUT2D eigenvalue weighted by Crippen LogP contribution is 2.33. The number of amidine groups is 1. The minimum absolute atomic E-state index is 0.148. The van der Waals surface area contributed by atoms with Gasteiger partial charge in [0.05, 0.1) is 0 Å². The van der Waals surface area contributed by atoms with Crippen molar-refractivity contribution in [3.63, 3.8) is 0 Å². The highest BCUT2D eigenvalue weighted by atomic mass is 32.1. The Bertz CT molecular complexity index is 650. The highest BCUT2D eigenvalue weighted by Gasteiger charge is 2.20. The van der Waals surface area contributed by atoms with Crippen LogP contribution in [0.15, 0.2) is 40.9 Å². The lowest BCUT2D eigenvalue weighted by molar-refractivity contribution is 0.318. The first-order valence-corrected chi connectivity index (χ1v) is 8.02. The van der Waals surface area contributed by atoms with Gasteiger partial charge in [-0.25, -0.2) is 0 Å². The first kappa shape index (κ1) is 14.1. The van der Waals surface area contributed by atoms with Crippen LogP contribution in [-0.2, 0) is 13.0 Å². The van der Waals surface area contributed by atoms with E-state index in [0.29, 0.717) is 6.04 Å². The summed E-state index contributed by atoms with van der Waals surface area (Å²) < 4.78 is 0. The van der Waals surface area contributed by atoms with Gasteiger partial charge in [-0.1, -0.05) is 23.4 Å². The molecule has 0 saturated carbocycles. The van der Waals surface area contributed by atoms with E-state index in [1.165, 1.54) is 29.7 Å². The number of thiophene rings is 1. The van der Waals surface area contributed by atoms with Crippen molar-refractivity contribution in [2.24, 2.45) is 10.9 Å². The van der Waals surface area contributed by atoms with Gasteiger partial charge < -0.3 is 16.3 Å². The number of hydrogen-bond acceptors (Lipinski definition) is 4. The summed E-state index contributed by atoms with van der Waals surface area (Å²) in [5.74, 6) is 0.148. The van der Waals surface area contributed by atoms with Gasteiger partial charge >= 0.3 is 0 Å². The number of aryl methyl sites for hydroxylation is 1. The number of hydrogen-bond donors (Lipinski definition) is 3. The van der Waals surface area contributed by atoms with Crippen molar-refractivity contribution in [1.29, 1.82) is 0 Å². The molecule has 21 heavy (non-hydrogen) atoms. The predicted molar refractivity (Wildman–Crippen MR) is 85.8 cm³/mol. The number of fused-ring (bicyclic) bond motifs is 1. The zero-order valence-corrected chi connectivity index (χ0v) is 12.6. The molecule has 4 nitrogen and oxygen atoms in total. The molecule has 3 rings (SSSR count). The second kappa shape index (κ2) is 6.28. The van der Waals surface area contributed by atoms with Crippen LogP contribution in [0.2, 0.25) is 0 Å². The summed E-state index contributed by atoms with van der Waals surface area (Å²) in [7, 11) is 0. The summed E-state index contributed by atoms with van der Waals surface area (Å²) in [6.45, 7) is 0.784. The summed E-state index contributed by atoms with van der Waals surface area (Å²) in [5.41, 5.74) is 8.98. The molecule has 1 aromatic heterocycles. The van der Waals surface area contributed by atoms with Crippen LogP contribution < -0.4 is 11.1 Å². The summed E-state index contributed by atoms with van der Waals surface area (Å²) in [6.07, 6.45) is 3.64. The number of oxime groups is 1. The summed E-state index contributed by atoms with van der Waals surface area (Å²) >= 11 is 1.86. The minimum atomic E-state index is 0.148. The Morgan fingerprint density at radius 1 is 1.43 bits per heavy atom. The smallest absolute Gasteiger partial charge is 0.170 e. The van der Waals surface area contributed by atoms with E-state index in [1.54, 1.807) is 0 Å². The molecular weight excluding hydrogens is 282 g/mol. The van der Waals surface area contributed by atoms with E-state index in [1.807, 2.05) is 29.5 Å². The summed E-state index contributed by atoms with van der Waals surface area (Å²) in [5, 5.41) is 17.6. The molecule has 1 aromatic carbocycles. The fraction of sp³-hybridized carbons (Fsp3) is 0.312. The molecule has 0 aliphatic heterocycles. The third kappa shape index (κ3) is 3.09. The number of rotatable bonds is 4. The fourth-order valence-corrected chi connectivity index (χ4v) is 3.83. The lowest BCUT2D eigenvalue weighted by Gasteiger charge is -2.24. The maximum atomic E-state index is 8.75. The number of benzene rings is 1. The normalized spacial score (nSPS) is 18.5. The molecule has 110 valence electrons. The molecule has 1 aliphatic carbocycles. The SMILES string of the molecule is NC(=NO)c1cccc(CNC2CCCc3sccc32)c1. The molecule has 0 saturated heterocycles. The van der Waals surface area contributed by atoms with Crippen LogP contribution >= 0.6 is 11.3 Å². The van der Waals surface area contributed by atoms with E-state index in [9.17, 15) is 0 Å². The van der Waals surface area contributed by atoms with Crippen LogP contribution in [0.3, 0.4) is 0 Å². The van der Waals surface area contributed by atoms with Crippen LogP contribution in [-0.4, -0.2) is 11.0 Å². The molecule has 5 heteroatoms. The Morgan fingerprint density at radius 2 is 2.33 bits per heavy atom. The molecule has 0 bridgehead atoms. The standard InChI is InChI=1S/C16H19N3OS/c17-16(19-20)12-4-1-3-11(9-12)10-18-14-5-2-6-15-13(14)7-8-21-15/h1,3-4,7-9,14,18,20H,2,5-6,10H2,(H2,17,19). The monoisotopic (exact) mass is 301 g/mol. The van der Waals surface area contributed by atoms with Crippen LogP contribution in [0.25, 0.3) is 0 Å². The van der Waals surface area contributed by atoms with Gasteiger partial charge in [-0.15, -0.1) is 11.3 Å². The third-order valence-electron chi connectivity index (χ3n) is 3.93. The molecule has 4 N–H and O–H groups in total. The molecule has 0 spiro atoms. The first-order chi connectivity index (χ1) is 10.3. The van der Waals surface area contributed by atoms with Crippen molar-refractivity contribution in [2.75, 3.05) is 0 Å². The second-order valence-electron chi connectivity index (χ2n) is 5.31. The van der Waals surface area contributed by atoms with Crippen molar-refractivity contribution in [3.05, 3.63) is 57.3 Å². The van der Waals surface area contributed by atoms with Gasteiger partial charge in [-0.05, 0) is 47.9 Å². The minimum Gasteiger partial charge on any atom is -0.409 e. The maximum Gasteiger partial charge on any atom is 0.170 e. The number of nitrogens with one attached hydrogen (secondary N) is 1. The largest absolute Gasteiger partial charge is 0.409 e. The molecular formula is C16H19N3OS. The average Bonchev–Trinajstić information content (AvgIpc) is 3.01. The molecule has 0 amide bonds. The Labute approximate surface area is 128 Å². The van der Waals surface area contributed by atoms with E-state index in [0.717, 1.165) is 17.7 Å². The quantitative estimate of drug-likeness (QED) is 0.352. The number of nitrogens with zero attached hydrogens (tertiary/aromatic N) is 1. The average molecular weight is 301 g/mol. The molecule has 1 heterocycles. The van der Waals surface area contributed by atoms with E-state index in [2.05, 4.69) is 28.0 Å². The van der Waals surface area contributed by atoms with Gasteiger partial charge in [-0.2, -0.15) is 0 Å². The molecule has 2 aromatic rings. The Kier molecular flexibility index (Phi) is 4.22. The van der Waals surface area contributed by atoms with E-state index in [-0.39, 0.29) is 5.84 Å². The van der Waals surface area contributed by atoms with E-state index < -0.39 is 0 Å². The van der Waals surface area contributed by atoms with Crippen LogP contribution in [0.1, 0.15) is 40.5 Å². The van der Waals surface area contributed by atoms with Crippen molar-refractivity contribution >= 4 is 17.2 Å². The van der Waals surface area contributed by atoms with Crippen molar-refractivity contribution in [2.45, 2.75) is 31.8 Å². The Balaban J connectivity index is 1.69.